The first-order valence-electron chi connectivity index (χ1n) is 9.01. The highest BCUT2D eigenvalue weighted by Crippen LogP contribution is 2.31. The number of amides is 1. The lowest BCUT2D eigenvalue weighted by Gasteiger charge is -2.36. The Labute approximate surface area is 156 Å². The summed E-state index contributed by atoms with van der Waals surface area (Å²) in [4.78, 5) is 11.9. The summed E-state index contributed by atoms with van der Waals surface area (Å²) in [5, 5.41) is 2.86. The van der Waals surface area contributed by atoms with Crippen LogP contribution in [0.25, 0.3) is 0 Å². The third-order valence-corrected chi connectivity index (χ3v) is 5.59. The Balaban J connectivity index is 1.62. The minimum absolute atomic E-state index is 0.145. The largest absolute Gasteiger partial charge is 0.444 e. The predicted octanol–water partition coefficient (Wildman–Crippen LogP) is 3.78. The van der Waals surface area contributed by atoms with Gasteiger partial charge in [0, 0.05) is 6.04 Å². The topological polar surface area (TPSA) is 81.7 Å². The average molecular weight is 384 g/mol. The number of ether oxygens (including phenoxy) is 1. The average Bonchev–Trinajstić information content (AvgIpc) is 2.47. The van der Waals surface area contributed by atoms with E-state index in [4.69, 9.17) is 8.92 Å². The summed E-state index contributed by atoms with van der Waals surface area (Å²) in [7, 11) is -3.68. The number of alkyl carbamates (subject to hydrolysis) is 1. The Morgan fingerprint density at radius 2 is 1.81 bits per heavy atom. The lowest BCUT2D eigenvalue weighted by molar-refractivity contribution is 0.0447. The van der Waals surface area contributed by atoms with E-state index in [2.05, 4.69) is 5.32 Å². The minimum atomic E-state index is -3.68. The third kappa shape index (κ3) is 6.61. The highest BCUT2D eigenvalue weighted by molar-refractivity contribution is 7.86. The predicted molar refractivity (Wildman–Crippen MR) is 99.4 cm³/mol. The van der Waals surface area contributed by atoms with Gasteiger partial charge in [0.1, 0.15) is 5.60 Å². The zero-order valence-corrected chi connectivity index (χ0v) is 16.8. The maximum absolute atomic E-state index is 12.1. The van der Waals surface area contributed by atoms with Gasteiger partial charge in [-0.1, -0.05) is 17.7 Å². The lowest BCUT2D eigenvalue weighted by atomic mass is 9.78. The summed E-state index contributed by atoms with van der Waals surface area (Å²) in [5.74, 6) is 0.487. The highest BCUT2D eigenvalue weighted by atomic mass is 32.2. The molecule has 1 aromatic rings. The number of benzene rings is 1. The van der Waals surface area contributed by atoms with Crippen molar-refractivity contribution in [2.24, 2.45) is 5.92 Å². The summed E-state index contributed by atoms with van der Waals surface area (Å²) >= 11 is 0. The molecule has 7 heteroatoms. The van der Waals surface area contributed by atoms with Crippen LogP contribution in [0, 0.1) is 12.8 Å². The zero-order chi connectivity index (χ0) is 19.4. The molecule has 1 amide bonds. The van der Waals surface area contributed by atoms with Crippen LogP contribution in [-0.2, 0) is 19.0 Å². The molecule has 0 bridgehead atoms. The molecule has 1 saturated carbocycles. The van der Waals surface area contributed by atoms with Gasteiger partial charge < -0.3 is 10.1 Å². The Kier molecular flexibility index (Phi) is 6.69. The standard InChI is InChI=1S/C19H29NO5S/c1-14-7-9-17(10-8-14)26(22,23)24-11-5-6-15-12-16(13-15)20-18(21)25-19(2,3)4/h7-10,15-16H,5-6,11-13H2,1-4H3,(H,20,21). The van der Waals surface area contributed by atoms with Crippen molar-refractivity contribution in [1.82, 2.24) is 5.32 Å². The second kappa shape index (κ2) is 8.39. The molecule has 0 unspecified atom stereocenters. The monoisotopic (exact) mass is 383 g/mol. The fourth-order valence-electron chi connectivity index (χ4n) is 2.88. The van der Waals surface area contributed by atoms with Crippen molar-refractivity contribution >= 4 is 16.2 Å². The van der Waals surface area contributed by atoms with Crippen LogP contribution >= 0.6 is 0 Å². The molecule has 0 aliphatic heterocycles. The number of nitrogens with one attached hydrogen (secondary N) is 1. The fraction of sp³-hybridized carbons (Fsp3) is 0.632. The van der Waals surface area contributed by atoms with E-state index in [1.54, 1.807) is 24.3 Å². The molecule has 0 aromatic heterocycles. The second-order valence-corrected chi connectivity index (χ2v) is 9.53. The van der Waals surface area contributed by atoms with Gasteiger partial charge in [-0.25, -0.2) is 4.79 Å². The van der Waals surface area contributed by atoms with Gasteiger partial charge in [-0.05, 0) is 71.4 Å². The van der Waals surface area contributed by atoms with Crippen LogP contribution in [0.2, 0.25) is 0 Å². The van der Waals surface area contributed by atoms with Crippen LogP contribution in [0.4, 0.5) is 4.79 Å². The van der Waals surface area contributed by atoms with Crippen LogP contribution in [0.3, 0.4) is 0 Å². The Hall–Kier alpha value is -1.60. The van der Waals surface area contributed by atoms with Crippen LogP contribution in [-0.4, -0.2) is 32.8 Å². The zero-order valence-electron chi connectivity index (χ0n) is 15.9. The van der Waals surface area contributed by atoms with Crippen LogP contribution in [0.15, 0.2) is 29.2 Å². The number of hydrogen-bond acceptors (Lipinski definition) is 5. The van der Waals surface area contributed by atoms with E-state index < -0.39 is 15.7 Å². The summed E-state index contributed by atoms with van der Waals surface area (Å²) in [5.41, 5.74) is 0.511. The first-order chi connectivity index (χ1) is 12.0. The quantitative estimate of drug-likeness (QED) is 0.572. The molecule has 1 fully saturated rings. The van der Waals surface area contributed by atoms with Crippen molar-refractivity contribution in [3.05, 3.63) is 29.8 Å². The van der Waals surface area contributed by atoms with Crippen molar-refractivity contribution in [1.29, 1.82) is 0 Å². The molecule has 0 atom stereocenters. The van der Waals surface area contributed by atoms with Gasteiger partial charge >= 0.3 is 6.09 Å². The molecular weight excluding hydrogens is 354 g/mol. The molecule has 1 aromatic carbocycles. The number of rotatable bonds is 7. The first kappa shape index (κ1) is 20.7. The molecule has 2 rings (SSSR count). The van der Waals surface area contributed by atoms with Gasteiger partial charge in [0.2, 0.25) is 0 Å². The molecule has 0 radical (unpaired) electrons. The van der Waals surface area contributed by atoms with E-state index in [9.17, 15) is 13.2 Å². The Morgan fingerprint density at radius 1 is 1.19 bits per heavy atom. The van der Waals surface area contributed by atoms with Gasteiger partial charge in [-0.3, -0.25) is 4.18 Å². The van der Waals surface area contributed by atoms with Gasteiger partial charge in [0.25, 0.3) is 10.1 Å². The molecule has 26 heavy (non-hydrogen) atoms. The molecule has 1 aliphatic carbocycles. The fourth-order valence-corrected chi connectivity index (χ4v) is 3.82. The van der Waals surface area contributed by atoms with Crippen molar-refractivity contribution < 1.29 is 22.1 Å². The number of aryl methyl sites for hydroxylation is 1. The van der Waals surface area contributed by atoms with Gasteiger partial charge in [0.15, 0.2) is 0 Å². The first-order valence-corrected chi connectivity index (χ1v) is 10.4. The van der Waals surface area contributed by atoms with Crippen molar-refractivity contribution in [3.63, 3.8) is 0 Å². The van der Waals surface area contributed by atoms with Crippen molar-refractivity contribution in [2.45, 2.75) is 69.9 Å². The molecule has 0 spiro atoms. The number of carbonyl (C=O) groups is 1. The summed E-state index contributed by atoms with van der Waals surface area (Å²) < 4.78 is 34.5. The lowest BCUT2D eigenvalue weighted by Crippen LogP contribution is -2.46. The maximum Gasteiger partial charge on any atom is 0.407 e. The Morgan fingerprint density at radius 3 is 2.38 bits per heavy atom. The molecule has 146 valence electrons. The van der Waals surface area contributed by atoms with E-state index >= 15 is 0 Å². The van der Waals surface area contributed by atoms with E-state index in [0.717, 1.165) is 24.8 Å². The highest BCUT2D eigenvalue weighted by Gasteiger charge is 2.31. The van der Waals surface area contributed by atoms with Gasteiger partial charge in [-0.15, -0.1) is 0 Å². The smallest absolute Gasteiger partial charge is 0.407 e. The molecule has 6 nitrogen and oxygen atoms in total. The SMILES string of the molecule is Cc1ccc(S(=O)(=O)OCCCC2CC(NC(=O)OC(C)(C)C)C2)cc1. The third-order valence-electron chi connectivity index (χ3n) is 4.26. The maximum atomic E-state index is 12.1. The van der Waals surface area contributed by atoms with Crippen LogP contribution in [0.5, 0.6) is 0 Å². The molecular formula is C19H29NO5S. The number of hydrogen-bond donors (Lipinski definition) is 1. The molecule has 0 saturated heterocycles. The van der Waals surface area contributed by atoms with Crippen molar-refractivity contribution in [3.8, 4) is 0 Å². The van der Waals surface area contributed by atoms with E-state index in [1.165, 1.54) is 0 Å². The molecule has 0 heterocycles. The second-order valence-electron chi connectivity index (χ2n) is 7.91. The van der Waals surface area contributed by atoms with E-state index in [1.807, 2.05) is 27.7 Å². The van der Waals surface area contributed by atoms with Crippen molar-refractivity contribution in [2.75, 3.05) is 6.61 Å². The minimum Gasteiger partial charge on any atom is -0.444 e. The normalized spacial score (nSPS) is 20.3. The van der Waals surface area contributed by atoms with Gasteiger partial charge in [-0.2, -0.15) is 8.42 Å². The molecule has 1 aliphatic rings. The van der Waals surface area contributed by atoms with E-state index in [0.29, 0.717) is 12.3 Å². The van der Waals surface area contributed by atoms with Gasteiger partial charge in [0.05, 0.1) is 11.5 Å². The van der Waals surface area contributed by atoms with E-state index in [-0.39, 0.29) is 23.6 Å². The molecule has 1 N–H and O–H groups in total. The van der Waals surface area contributed by atoms with Crippen LogP contribution in [0.1, 0.15) is 52.0 Å². The Bertz CT molecular complexity index is 700. The summed E-state index contributed by atoms with van der Waals surface area (Å²) in [6, 6.07) is 6.77. The number of carbonyl (C=O) groups excluding carboxylic acids is 1. The van der Waals surface area contributed by atoms with Crippen LogP contribution < -0.4 is 5.32 Å². The summed E-state index contributed by atoms with van der Waals surface area (Å²) in [6.45, 7) is 7.58. The summed E-state index contributed by atoms with van der Waals surface area (Å²) in [6.07, 6.45) is 2.96.